The lowest BCUT2D eigenvalue weighted by atomic mass is 10.0. The van der Waals surface area contributed by atoms with E-state index in [1.54, 1.807) is 0 Å². The molecule has 8 heteroatoms. The number of H-pyrrole nitrogens is 2. The van der Waals surface area contributed by atoms with Crippen LogP contribution in [0.25, 0.3) is 44.8 Å². The van der Waals surface area contributed by atoms with Gasteiger partial charge in [0.05, 0.1) is 22.1 Å². The lowest BCUT2D eigenvalue weighted by molar-refractivity contribution is 0.960. The van der Waals surface area contributed by atoms with Gasteiger partial charge >= 0.3 is 0 Å². The number of nitrogens with two attached hydrogens (primary N) is 2. The zero-order chi connectivity index (χ0) is 26.2. The highest BCUT2D eigenvalue weighted by atomic mass is 14.9. The van der Waals surface area contributed by atoms with Crippen LogP contribution in [0.15, 0.2) is 84.9 Å². The Bertz CT molecular complexity index is 1670. The molecule has 186 valence electrons. The number of fused-ring (bicyclic) bond motifs is 2. The Labute approximate surface area is 218 Å². The molecule has 2 aromatic heterocycles. The third-order valence-electron chi connectivity index (χ3n) is 6.74. The monoisotopic (exact) mass is 498 g/mol. The molecule has 0 aliphatic rings. The molecule has 8 N–H and O–H groups in total. The second kappa shape index (κ2) is 9.33. The van der Waals surface area contributed by atoms with Gasteiger partial charge in [0.25, 0.3) is 0 Å². The van der Waals surface area contributed by atoms with Gasteiger partial charge in [-0.2, -0.15) is 0 Å². The first-order valence-electron chi connectivity index (χ1n) is 12.3. The van der Waals surface area contributed by atoms with E-state index in [9.17, 15) is 0 Å². The number of aromatic amines is 2. The van der Waals surface area contributed by atoms with Crippen molar-refractivity contribution in [3.8, 4) is 22.8 Å². The Balaban J connectivity index is 1.12. The van der Waals surface area contributed by atoms with Crippen LogP contribution in [0.1, 0.15) is 22.3 Å². The molecule has 0 spiro atoms. The SMILES string of the molecule is N=C(N)c1ccc2nc(-c3ccc(CCc4ccc(-c5nc6ccc(C(=N)N)cc6[nH]5)cc4)cc3)[nH]c2c1. The number of benzene rings is 4. The smallest absolute Gasteiger partial charge is 0.138 e. The standard InChI is InChI=1S/C30H26N8/c31-27(32)21-11-13-23-25(15-21)37-29(35-23)19-7-3-17(4-8-19)1-2-18-5-9-20(10-6-18)30-36-24-14-12-22(28(33)34)16-26(24)38-30/h3-16H,1-2H2,(H3,31,32)(H3,33,34)(H,35,37)(H,36,38). The molecular formula is C30H26N8. The van der Waals surface area contributed by atoms with Crippen LogP contribution in [0.2, 0.25) is 0 Å². The Kier molecular flexibility index (Phi) is 5.69. The van der Waals surface area contributed by atoms with Gasteiger partial charge in [0.2, 0.25) is 0 Å². The van der Waals surface area contributed by atoms with Gasteiger partial charge in [-0.05, 0) is 60.4 Å². The normalized spacial score (nSPS) is 11.3. The zero-order valence-electron chi connectivity index (χ0n) is 20.5. The molecule has 2 heterocycles. The van der Waals surface area contributed by atoms with E-state index in [4.69, 9.17) is 22.3 Å². The number of amidine groups is 2. The van der Waals surface area contributed by atoms with Gasteiger partial charge in [-0.1, -0.05) is 48.5 Å². The Morgan fingerprint density at radius 2 is 0.974 bits per heavy atom. The summed E-state index contributed by atoms with van der Waals surface area (Å²) in [6.07, 6.45) is 1.86. The van der Waals surface area contributed by atoms with E-state index in [-0.39, 0.29) is 11.7 Å². The van der Waals surface area contributed by atoms with Gasteiger partial charge in [-0.25, -0.2) is 9.97 Å². The molecule has 0 aliphatic carbocycles. The molecule has 0 saturated heterocycles. The average Bonchev–Trinajstić information content (AvgIpc) is 3.56. The summed E-state index contributed by atoms with van der Waals surface area (Å²) in [6, 6.07) is 28.0. The van der Waals surface area contributed by atoms with E-state index >= 15 is 0 Å². The van der Waals surface area contributed by atoms with Crippen molar-refractivity contribution in [1.29, 1.82) is 10.8 Å². The number of hydrogen-bond donors (Lipinski definition) is 6. The summed E-state index contributed by atoms with van der Waals surface area (Å²) >= 11 is 0. The fourth-order valence-corrected chi connectivity index (χ4v) is 4.57. The number of nitrogens with one attached hydrogen (secondary N) is 4. The third-order valence-corrected chi connectivity index (χ3v) is 6.74. The highest BCUT2D eigenvalue weighted by Gasteiger charge is 2.09. The van der Waals surface area contributed by atoms with E-state index in [1.807, 2.05) is 36.4 Å². The number of nitrogens with zero attached hydrogens (tertiary/aromatic N) is 2. The van der Waals surface area contributed by atoms with Crippen LogP contribution in [0, 0.1) is 10.8 Å². The summed E-state index contributed by atoms with van der Waals surface area (Å²) in [5.74, 6) is 1.68. The molecule has 6 rings (SSSR count). The molecule has 8 nitrogen and oxygen atoms in total. The number of hydrogen-bond acceptors (Lipinski definition) is 4. The number of nitrogen functional groups attached to an aromatic ring is 2. The van der Waals surface area contributed by atoms with E-state index in [2.05, 4.69) is 68.5 Å². The molecule has 0 radical (unpaired) electrons. The summed E-state index contributed by atoms with van der Waals surface area (Å²) in [5, 5.41) is 15.3. The van der Waals surface area contributed by atoms with Gasteiger partial charge in [-0.3, -0.25) is 10.8 Å². The van der Waals surface area contributed by atoms with Crippen LogP contribution < -0.4 is 11.5 Å². The van der Waals surface area contributed by atoms with Crippen LogP contribution in [0.5, 0.6) is 0 Å². The predicted octanol–water partition coefficient (Wildman–Crippen LogP) is 5.13. The molecule has 0 atom stereocenters. The second-order valence-corrected chi connectivity index (χ2v) is 9.36. The summed E-state index contributed by atoms with van der Waals surface area (Å²) in [4.78, 5) is 16.0. The molecule has 6 aromatic rings. The number of imidazole rings is 2. The third kappa shape index (κ3) is 4.51. The van der Waals surface area contributed by atoms with Crippen molar-refractivity contribution in [2.45, 2.75) is 12.8 Å². The quantitative estimate of drug-likeness (QED) is 0.133. The average molecular weight is 499 g/mol. The maximum Gasteiger partial charge on any atom is 0.138 e. The molecule has 0 fully saturated rings. The Morgan fingerprint density at radius 3 is 1.34 bits per heavy atom. The van der Waals surface area contributed by atoms with Crippen molar-refractivity contribution in [2.24, 2.45) is 11.5 Å². The number of aryl methyl sites for hydroxylation is 2. The fourth-order valence-electron chi connectivity index (χ4n) is 4.57. The van der Waals surface area contributed by atoms with Gasteiger partial charge in [0.1, 0.15) is 23.3 Å². The van der Waals surface area contributed by atoms with E-state index in [1.165, 1.54) is 11.1 Å². The Morgan fingerprint density at radius 1 is 0.579 bits per heavy atom. The number of aromatic nitrogens is 4. The molecular weight excluding hydrogens is 472 g/mol. The highest BCUT2D eigenvalue weighted by Crippen LogP contribution is 2.24. The Hall–Kier alpha value is -5.24. The highest BCUT2D eigenvalue weighted by molar-refractivity contribution is 5.99. The number of rotatable bonds is 7. The maximum absolute atomic E-state index is 7.63. The fraction of sp³-hybridized carbons (Fsp3) is 0.0667. The maximum atomic E-state index is 7.63. The predicted molar refractivity (Wildman–Crippen MR) is 152 cm³/mol. The summed E-state index contributed by atoms with van der Waals surface area (Å²) < 4.78 is 0. The van der Waals surface area contributed by atoms with Crippen LogP contribution in [0.3, 0.4) is 0 Å². The minimum Gasteiger partial charge on any atom is -0.384 e. The second-order valence-electron chi connectivity index (χ2n) is 9.36. The van der Waals surface area contributed by atoms with Crippen molar-refractivity contribution >= 4 is 33.7 Å². The van der Waals surface area contributed by atoms with Gasteiger partial charge in [-0.15, -0.1) is 0 Å². The largest absolute Gasteiger partial charge is 0.384 e. The first-order chi connectivity index (χ1) is 18.4. The minimum atomic E-state index is 0.0424. The molecule has 0 unspecified atom stereocenters. The van der Waals surface area contributed by atoms with Crippen LogP contribution in [-0.4, -0.2) is 31.6 Å². The van der Waals surface area contributed by atoms with E-state index < -0.39 is 0 Å². The molecule has 0 amide bonds. The lowest BCUT2D eigenvalue weighted by Crippen LogP contribution is -2.10. The lowest BCUT2D eigenvalue weighted by Gasteiger charge is -2.05. The first kappa shape index (κ1) is 23.2. The van der Waals surface area contributed by atoms with E-state index in [0.29, 0.717) is 11.1 Å². The van der Waals surface area contributed by atoms with Crippen molar-refractivity contribution in [2.75, 3.05) is 0 Å². The first-order valence-corrected chi connectivity index (χ1v) is 12.3. The minimum absolute atomic E-state index is 0.0424. The van der Waals surface area contributed by atoms with Crippen molar-refractivity contribution in [3.63, 3.8) is 0 Å². The van der Waals surface area contributed by atoms with E-state index in [0.717, 1.165) is 57.7 Å². The van der Waals surface area contributed by atoms with Gasteiger partial charge < -0.3 is 21.4 Å². The van der Waals surface area contributed by atoms with Gasteiger partial charge in [0, 0.05) is 22.3 Å². The van der Waals surface area contributed by atoms with Crippen LogP contribution in [-0.2, 0) is 12.8 Å². The summed E-state index contributed by atoms with van der Waals surface area (Å²) in [5.41, 5.74) is 20.5. The molecule has 0 aliphatic heterocycles. The molecule has 38 heavy (non-hydrogen) atoms. The van der Waals surface area contributed by atoms with Crippen LogP contribution in [0.4, 0.5) is 0 Å². The topological polar surface area (TPSA) is 157 Å². The van der Waals surface area contributed by atoms with Gasteiger partial charge in [0.15, 0.2) is 0 Å². The molecule has 4 aromatic carbocycles. The molecule has 0 bridgehead atoms. The molecule has 0 saturated carbocycles. The zero-order valence-corrected chi connectivity index (χ0v) is 20.5. The van der Waals surface area contributed by atoms with Crippen LogP contribution >= 0.6 is 0 Å². The van der Waals surface area contributed by atoms with Crippen molar-refractivity contribution in [1.82, 2.24) is 19.9 Å². The summed E-state index contributed by atoms with van der Waals surface area (Å²) in [6.45, 7) is 0. The van der Waals surface area contributed by atoms with Crippen molar-refractivity contribution in [3.05, 3.63) is 107 Å². The summed E-state index contributed by atoms with van der Waals surface area (Å²) in [7, 11) is 0. The van der Waals surface area contributed by atoms with Crippen molar-refractivity contribution < 1.29 is 0 Å².